The van der Waals surface area contributed by atoms with Crippen molar-refractivity contribution in [2.45, 2.75) is 24.3 Å². The fourth-order valence-electron chi connectivity index (χ4n) is 2.17. The molecule has 22 heavy (non-hydrogen) atoms. The van der Waals surface area contributed by atoms with Gasteiger partial charge in [-0.25, -0.2) is 9.97 Å². The van der Waals surface area contributed by atoms with Gasteiger partial charge in [0.1, 0.15) is 16.2 Å². The minimum atomic E-state index is 0.635. The smallest absolute Gasteiger partial charge is 0.128 e. The number of rotatable bonds is 6. The molecule has 0 fully saturated rings. The Morgan fingerprint density at radius 3 is 2.82 bits per heavy atom. The molecule has 0 saturated carbocycles. The second kappa shape index (κ2) is 7.39. The molecule has 0 atom stereocenters. The van der Waals surface area contributed by atoms with Crippen LogP contribution >= 0.6 is 23.1 Å². The molecule has 3 nitrogen and oxygen atoms in total. The van der Waals surface area contributed by atoms with Crippen LogP contribution in [0.25, 0.3) is 20.7 Å². The number of thioether (sulfide) groups is 1. The number of hydrogen-bond donors (Lipinski definition) is 0. The number of benzene rings is 1. The first kappa shape index (κ1) is 15.0. The summed E-state index contributed by atoms with van der Waals surface area (Å²) in [6, 6.07) is 14.7. The molecule has 0 bridgehead atoms. The molecule has 110 valence electrons. The summed E-state index contributed by atoms with van der Waals surface area (Å²) in [6.45, 7) is 0. The topological polar surface area (TPSA) is 49.6 Å². The van der Waals surface area contributed by atoms with Crippen molar-refractivity contribution in [2.24, 2.45) is 0 Å². The number of nitrogens with zero attached hydrogens (tertiary/aromatic N) is 3. The van der Waals surface area contributed by atoms with E-state index < -0.39 is 0 Å². The monoisotopic (exact) mass is 325 g/mol. The van der Waals surface area contributed by atoms with Crippen LogP contribution in [-0.2, 0) is 0 Å². The average molecular weight is 325 g/mol. The number of nitriles is 1. The van der Waals surface area contributed by atoms with Crippen molar-refractivity contribution in [1.29, 1.82) is 5.26 Å². The molecule has 0 amide bonds. The lowest BCUT2D eigenvalue weighted by molar-refractivity contribution is 0.829. The predicted molar refractivity (Wildman–Crippen MR) is 93.0 cm³/mol. The van der Waals surface area contributed by atoms with Gasteiger partial charge in [-0.2, -0.15) is 5.26 Å². The molecule has 0 saturated heterocycles. The van der Waals surface area contributed by atoms with Crippen molar-refractivity contribution in [2.75, 3.05) is 5.75 Å². The first-order chi connectivity index (χ1) is 10.9. The van der Waals surface area contributed by atoms with Crippen molar-refractivity contribution in [3.05, 3.63) is 42.7 Å². The Balaban J connectivity index is 1.80. The average Bonchev–Trinajstić information content (AvgIpc) is 3.00. The van der Waals surface area contributed by atoms with Gasteiger partial charge in [-0.05, 0) is 30.2 Å². The van der Waals surface area contributed by atoms with Crippen LogP contribution in [0.5, 0.6) is 0 Å². The van der Waals surface area contributed by atoms with Crippen LogP contribution in [0.2, 0.25) is 0 Å². The van der Waals surface area contributed by atoms with Gasteiger partial charge in [-0.15, -0.1) is 23.1 Å². The van der Waals surface area contributed by atoms with E-state index in [2.05, 4.69) is 46.4 Å². The first-order valence-corrected chi connectivity index (χ1v) is 8.98. The Morgan fingerprint density at radius 2 is 2.00 bits per heavy atom. The molecule has 0 radical (unpaired) electrons. The van der Waals surface area contributed by atoms with Crippen LogP contribution in [0, 0.1) is 11.3 Å². The van der Waals surface area contributed by atoms with Crippen molar-refractivity contribution >= 4 is 33.3 Å². The van der Waals surface area contributed by atoms with Crippen LogP contribution in [0.15, 0.2) is 47.8 Å². The van der Waals surface area contributed by atoms with E-state index in [-0.39, 0.29) is 0 Å². The highest BCUT2D eigenvalue weighted by atomic mass is 32.2. The molecule has 0 aliphatic heterocycles. The first-order valence-electron chi connectivity index (χ1n) is 7.18. The van der Waals surface area contributed by atoms with Crippen molar-refractivity contribution in [3.63, 3.8) is 0 Å². The van der Waals surface area contributed by atoms with Crippen LogP contribution in [0.3, 0.4) is 0 Å². The van der Waals surface area contributed by atoms with Crippen molar-refractivity contribution in [1.82, 2.24) is 9.97 Å². The maximum absolute atomic E-state index is 8.56. The fourth-order valence-corrected chi connectivity index (χ4v) is 4.21. The fraction of sp³-hybridized carbons (Fsp3) is 0.235. The molecule has 0 spiro atoms. The van der Waals surface area contributed by atoms with E-state index in [1.165, 1.54) is 10.4 Å². The lowest BCUT2D eigenvalue weighted by Gasteiger charge is -2.00. The van der Waals surface area contributed by atoms with Gasteiger partial charge in [-0.3, -0.25) is 0 Å². The Hall–Kier alpha value is -1.90. The molecule has 3 rings (SSSR count). The predicted octanol–water partition coefficient (Wildman–Crippen LogP) is 5.14. The maximum atomic E-state index is 8.56. The molecule has 5 heteroatoms. The number of fused-ring (bicyclic) bond motifs is 1. The zero-order valence-electron chi connectivity index (χ0n) is 12.0. The summed E-state index contributed by atoms with van der Waals surface area (Å²) in [6.07, 6.45) is 4.28. The number of unbranched alkanes of at least 4 members (excludes halogenated alkanes) is 2. The van der Waals surface area contributed by atoms with Gasteiger partial charge in [0, 0.05) is 16.7 Å². The van der Waals surface area contributed by atoms with Crippen molar-refractivity contribution < 1.29 is 0 Å². The van der Waals surface area contributed by atoms with Gasteiger partial charge >= 0.3 is 0 Å². The van der Waals surface area contributed by atoms with E-state index in [0.717, 1.165) is 33.8 Å². The molecular weight excluding hydrogens is 310 g/mol. The molecule has 0 aliphatic rings. The standard InChI is InChI=1S/C17H15N3S2/c18-9-5-2-6-10-21-16-14-11-15(13-7-3-1-4-8-13)22-17(14)20-12-19-16/h1,3-4,7-8,11-12H,2,5-6,10H2. The summed E-state index contributed by atoms with van der Waals surface area (Å²) in [7, 11) is 0. The molecule has 2 heterocycles. The van der Waals surface area contributed by atoms with Crippen LogP contribution < -0.4 is 0 Å². The minimum absolute atomic E-state index is 0.635. The van der Waals surface area contributed by atoms with Gasteiger partial charge in [0.05, 0.1) is 6.07 Å². The van der Waals surface area contributed by atoms with Gasteiger partial charge < -0.3 is 0 Å². The summed E-state index contributed by atoms with van der Waals surface area (Å²) in [5, 5.41) is 10.7. The van der Waals surface area contributed by atoms with Crippen LogP contribution in [0.4, 0.5) is 0 Å². The van der Waals surface area contributed by atoms with Gasteiger partial charge in [0.15, 0.2) is 0 Å². The molecular formula is C17H15N3S2. The van der Waals surface area contributed by atoms with E-state index in [1.807, 2.05) is 6.07 Å². The SMILES string of the molecule is N#CCCCCSc1ncnc2sc(-c3ccccc3)cc12. The van der Waals surface area contributed by atoms with E-state index in [4.69, 9.17) is 5.26 Å². The summed E-state index contributed by atoms with van der Waals surface area (Å²) in [5.74, 6) is 0.990. The highest BCUT2D eigenvalue weighted by molar-refractivity contribution is 7.99. The number of aromatic nitrogens is 2. The summed E-state index contributed by atoms with van der Waals surface area (Å²) in [5.41, 5.74) is 1.22. The lowest BCUT2D eigenvalue weighted by atomic mass is 10.2. The Labute approximate surface area is 138 Å². The highest BCUT2D eigenvalue weighted by Gasteiger charge is 2.10. The third-order valence-electron chi connectivity index (χ3n) is 3.27. The van der Waals surface area contributed by atoms with E-state index in [9.17, 15) is 0 Å². The molecule has 0 N–H and O–H groups in total. The van der Waals surface area contributed by atoms with E-state index >= 15 is 0 Å². The lowest BCUT2D eigenvalue weighted by Crippen LogP contribution is -1.86. The van der Waals surface area contributed by atoms with Gasteiger partial charge in [0.25, 0.3) is 0 Å². The summed E-state index contributed by atoms with van der Waals surface area (Å²) in [4.78, 5) is 11.1. The second-order valence-electron chi connectivity index (χ2n) is 4.84. The van der Waals surface area contributed by atoms with E-state index in [0.29, 0.717) is 6.42 Å². The third kappa shape index (κ3) is 3.46. The molecule has 1 aromatic carbocycles. The normalized spacial score (nSPS) is 10.7. The zero-order valence-corrected chi connectivity index (χ0v) is 13.7. The maximum Gasteiger partial charge on any atom is 0.128 e. The third-order valence-corrected chi connectivity index (χ3v) is 5.46. The highest BCUT2D eigenvalue weighted by Crippen LogP contribution is 2.36. The molecule has 3 aromatic rings. The number of thiophene rings is 1. The summed E-state index contributed by atoms with van der Waals surface area (Å²) < 4.78 is 0. The quantitative estimate of drug-likeness (QED) is 0.357. The van der Waals surface area contributed by atoms with E-state index in [1.54, 1.807) is 29.4 Å². The Kier molecular flexibility index (Phi) is 5.04. The van der Waals surface area contributed by atoms with Crippen LogP contribution in [0.1, 0.15) is 19.3 Å². The molecule has 0 unspecified atom stereocenters. The Morgan fingerprint density at radius 1 is 1.14 bits per heavy atom. The van der Waals surface area contributed by atoms with Gasteiger partial charge in [0.2, 0.25) is 0 Å². The number of hydrogen-bond acceptors (Lipinski definition) is 5. The van der Waals surface area contributed by atoms with Crippen LogP contribution in [-0.4, -0.2) is 15.7 Å². The zero-order chi connectivity index (χ0) is 15.2. The minimum Gasteiger partial charge on any atom is -0.229 e. The Bertz CT molecular complexity index is 791. The largest absolute Gasteiger partial charge is 0.229 e. The molecule has 2 aromatic heterocycles. The molecule has 0 aliphatic carbocycles. The summed E-state index contributed by atoms with van der Waals surface area (Å²) >= 11 is 3.46. The van der Waals surface area contributed by atoms with Crippen molar-refractivity contribution in [3.8, 4) is 16.5 Å². The van der Waals surface area contributed by atoms with Gasteiger partial charge in [-0.1, -0.05) is 30.3 Å². The second-order valence-corrected chi connectivity index (χ2v) is 6.95.